The highest BCUT2D eigenvalue weighted by molar-refractivity contribution is 9.10. The van der Waals surface area contributed by atoms with Crippen LogP contribution in [0.5, 0.6) is 5.75 Å². The summed E-state index contributed by atoms with van der Waals surface area (Å²) in [5, 5.41) is 9.86. The molecule has 1 N–H and O–H groups in total. The van der Waals surface area contributed by atoms with Gasteiger partial charge in [-0.05, 0) is 41.8 Å². The van der Waals surface area contributed by atoms with Crippen LogP contribution >= 0.6 is 27.5 Å². The molecule has 0 aliphatic carbocycles. The Balaban J connectivity index is 2.39. The summed E-state index contributed by atoms with van der Waals surface area (Å²) in [6.45, 7) is 1.96. The summed E-state index contributed by atoms with van der Waals surface area (Å²) in [6, 6.07) is 9.61. The first kappa shape index (κ1) is 16.1. The summed E-state index contributed by atoms with van der Waals surface area (Å²) in [5.74, 6) is 0.632. The SMILES string of the molecule is COc1cc(/C=C/c2cccc(Br)c2C)c(Cl)cc1CO. The van der Waals surface area contributed by atoms with Gasteiger partial charge in [0.2, 0.25) is 0 Å². The minimum atomic E-state index is -0.0996. The van der Waals surface area contributed by atoms with Crippen LogP contribution in [0.1, 0.15) is 22.3 Å². The van der Waals surface area contributed by atoms with Gasteiger partial charge in [0.1, 0.15) is 5.75 Å². The van der Waals surface area contributed by atoms with Crippen LogP contribution in [0, 0.1) is 6.92 Å². The van der Waals surface area contributed by atoms with Crippen molar-refractivity contribution in [3.8, 4) is 5.75 Å². The second kappa shape index (κ2) is 7.12. The van der Waals surface area contributed by atoms with Gasteiger partial charge in [-0.15, -0.1) is 0 Å². The van der Waals surface area contributed by atoms with Gasteiger partial charge in [-0.2, -0.15) is 0 Å². The molecule has 0 saturated heterocycles. The Morgan fingerprint density at radius 2 is 1.95 bits per heavy atom. The molecule has 0 amide bonds. The van der Waals surface area contributed by atoms with E-state index in [4.69, 9.17) is 16.3 Å². The van der Waals surface area contributed by atoms with E-state index in [9.17, 15) is 5.11 Å². The molecule has 0 bridgehead atoms. The first-order valence-electron chi connectivity index (χ1n) is 6.47. The van der Waals surface area contributed by atoms with Crippen LogP contribution in [0.4, 0.5) is 0 Å². The van der Waals surface area contributed by atoms with Crippen LogP contribution in [0.25, 0.3) is 12.2 Å². The quantitative estimate of drug-likeness (QED) is 0.763. The zero-order chi connectivity index (χ0) is 15.4. The zero-order valence-corrected chi connectivity index (χ0v) is 14.2. The largest absolute Gasteiger partial charge is 0.496 e. The van der Waals surface area contributed by atoms with Crippen molar-refractivity contribution in [3.63, 3.8) is 0 Å². The fraction of sp³-hybridized carbons (Fsp3) is 0.176. The van der Waals surface area contributed by atoms with Crippen molar-refractivity contribution in [2.24, 2.45) is 0 Å². The van der Waals surface area contributed by atoms with Crippen molar-refractivity contribution in [2.45, 2.75) is 13.5 Å². The predicted molar refractivity (Wildman–Crippen MR) is 91.7 cm³/mol. The number of ether oxygens (including phenoxy) is 1. The van der Waals surface area contributed by atoms with Gasteiger partial charge < -0.3 is 9.84 Å². The van der Waals surface area contributed by atoms with Crippen LogP contribution in [-0.4, -0.2) is 12.2 Å². The molecule has 0 heterocycles. The average Bonchev–Trinajstić information content (AvgIpc) is 2.49. The van der Waals surface area contributed by atoms with Crippen molar-refractivity contribution in [1.29, 1.82) is 0 Å². The minimum absolute atomic E-state index is 0.0996. The van der Waals surface area contributed by atoms with E-state index in [1.165, 1.54) is 5.56 Å². The molecule has 0 radical (unpaired) electrons. The maximum absolute atomic E-state index is 9.28. The first-order valence-corrected chi connectivity index (χ1v) is 7.64. The Kier molecular flexibility index (Phi) is 5.45. The number of rotatable bonds is 4. The number of halogens is 2. The average molecular weight is 368 g/mol. The lowest BCUT2D eigenvalue weighted by Gasteiger charge is -2.09. The van der Waals surface area contributed by atoms with Gasteiger partial charge in [0.25, 0.3) is 0 Å². The van der Waals surface area contributed by atoms with Gasteiger partial charge >= 0.3 is 0 Å². The van der Waals surface area contributed by atoms with Gasteiger partial charge in [0.05, 0.1) is 13.7 Å². The Morgan fingerprint density at radius 3 is 2.62 bits per heavy atom. The summed E-state index contributed by atoms with van der Waals surface area (Å²) in [7, 11) is 1.58. The molecule has 2 aromatic carbocycles. The second-order valence-electron chi connectivity index (χ2n) is 4.63. The van der Waals surface area contributed by atoms with Gasteiger partial charge in [-0.3, -0.25) is 0 Å². The van der Waals surface area contributed by atoms with E-state index in [-0.39, 0.29) is 6.61 Å². The number of aliphatic hydroxyl groups is 1. The van der Waals surface area contributed by atoms with E-state index in [2.05, 4.69) is 22.9 Å². The molecule has 0 aromatic heterocycles. The molecule has 0 aliphatic heterocycles. The number of hydrogen-bond donors (Lipinski definition) is 1. The zero-order valence-electron chi connectivity index (χ0n) is 11.9. The summed E-state index contributed by atoms with van der Waals surface area (Å²) in [6.07, 6.45) is 3.96. The molecule has 2 nitrogen and oxygen atoms in total. The topological polar surface area (TPSA) is 29.5 Å². The Labute approximate surface area is 138 Å². The Morgan fingerprint density at radius 1 is 1.24 bits per heavy atom. The van der Waals surface area contributed by atoms with Crippen LogP contribution in [0.15, 0.2) is 34.8 Å². The van der Waals surface area contributed by atoms with E-state index in [0.29, 0.717) is 16.3 Å². The lowest BCUT2D eigenvalue weighted by molar-refractivity contribution is 0.274. The van der Waals surface area contributed by atoms with Crippen molar-refractivity contribution in [2.75, 3.05) is 7.11 Å². The monoisotopic (exact) mass is 366 g/mol. The van der Waals surface area contributed by atoms with E-state index in [1.807, 2.05) is 36.4 Å². The van der Waals surface area contributed by atoms with Gasteiger partial charge in [0, 0.05) is 15.1 Å². The molecule has 0 fully saturated rings. The summed E-state index contributed by atoms with van der Waals surface area (Å²) in [4.78, 5) is 0. The Hall–Kier alpha value is -1.29. The molecular formula is C17H16BrClO2. The maximum atomic E-state index is 9.28. The molecule has 21 heavy (non-hydrogen) atoms. The number of benzene rings is 2. The molecule has 0 saturated carbocycles. The summed E-state index contributed by atoms with van der Waals surface area (Å²) < 4.78 is 6.34. The Bertz CT molecular complexity index is 681. The van der Waals surface area contributed by atoms with E-state index in [0.717, 1.165) is 15.6 Å². The van der Waals surface area contributed by atoms with E-state index >= 15 is 0 Å². The third-order valence-corrected chi connectivity index (χ3v) is 4.51. The molecule has 0 spiro atoms. The smallest absolute Gasteiger partial charge is 0.125 e. The molecule has 0 unspecified atom stereocenters. The third-order valence-electron chi connectivity index (χ3n) is 3.32. The van der Waals surface area contributed by atoms with E-state index < -0.39 is 0 Å². The first-order chi connectivity index (χ1) is 10.1. The normalized spacial score (nSPS) is 11.1. The fourth-order valence-electron chi connectivity index (χ4n) is 2.04. The molecule has 0 atom stereocenters. The highest BCUT2D eigenvalue weighted by Gasteiger charge is 2.07. The molecule has 4 heteroatoms. The lowest BCUT2D eigenvalue weighted by Crippen LogP contribution is -1.93. The van der Waals surface area contributed by atoms with Crippen molar-refractivity contribution in [1.82, 2.24) is 0 Å². The van der Waals surface area contributed by atoms with Crippen LogP contribution in [-0.2, 0) is 6.61 Å². The predicted octanol–water partition coefficient (Wildman–Crippen LogP) is 5.08. The highest BCUT2D eigenvalue weighted by Crippen LogP contribution is 2.29. The molecular weight excluding hydrogens is 352 g/mol. The number of methoxy groups -OCH3 is 1. The van der Waals surface area contributed by atoms with Gasteiger partial charge in [0.15, 0.2) is 0 Å². The van der Waals surface area contributed by atoms with Gasteiger partial charge in [-0.25, -0.2) is 0 Å². The third kappa shape index (κ3) is 3.67. The number of aliphatic hydroxyl groups excluding tert-OH is 1. The second-order valence-corrected chi connectivity index (χ2v) is 5.89. The standard InChI is InChI=1S/C17H16BrClO2/c1-11-12(4-3-5-15(11)18)6-7-13-9-17(21-2)14(10-20)8-16(13)19/h3-9,20H,10H2,1-2H3/b7-6+. The molecule has 110 valence electrons. The minimum Gasteiger partial charge on any atom is -0.496 e. The van der Waals surface area contributed by atoms with Gasteiger partial charge in [-0.1, -0.05) is 51.8 Å². The fourth-order valence-corrected chi connectivity index (χ4v) is 2.67. The van der Waals surface area contributed by atoms with Crippen LogP contribution < -0.4 is 4.74 Å². The maximum Gasteiger partial charge on any atom is 0.125 e. The molecule has 0 aliphatic rings. The van der Waals surface area contributed by atoms with Crippen LogP contribution in [0.2, 0.25) is 5.02 Å². The number of hydrogen-bond acceptors (Lipinski definition) is 2. The van der Waals surface area contributed by atoms with Crippen molar-refractivity contribution < 1.29 is 9.84 Å². The lowest BCUT2D eigenvalue weighted by atomic mass is 10.1. The summed E-state index contributed by atoms with van der Waals surface area (Å²) >= 11 is 9.77. The van der Waals surface area contributed by atoms with Crippen molar-refractivity contribution >= 4 is 39.7 Å². The van der Waals surface area contributed by atoms with Crippen LogP contribution in [0.3, 0.4) is 0 Å². The van der Waals surface area contributed by atoms with Crippen molar-refractivity contribution in [3.05, 3.63) is 62.1 Å². The molecule has 2 rings (SSSR count). The summed E-state index contributed by atoms with van der Waals surface area (Å²) in [5.41, 5.74) is 3.82. The van der Waals surface area contributed by atoms with E-state index in [1.54, 1.807) is 13.2 Å². The molecule has 2 aromatic rings. The highest BCUT2D eigenvalue weighted by atomic mass is 79.9.